The fourth-order valence-corrected chi connectivity index (χ4v) is 2.92. The van der Waals surface area contributed by atoms with Gasteiger partial charge in [0.2, 0.25) is 5.91 Å². The van der Waals surface area contributed by atoms with Gasteiger partial charge in [0.25, 0.3) is 0 Å². The maximum Gasteiger partial charge on any atom is 0.248 e. The van der Waals surface area contributed by atoms with Gasteiger partial charge in [0, 0.05) is 30.9 Å². The number of nitrogen functional groups attached to an aromatic ring is 1. The number of amides is 1. The van der Waals surface area contributed by atoms with Crippen LogP contribution in [0.25, 0.3) is 6.08 Å². The number of anilines is 3. The Hall–Kier alpha value is -2.28. The predicted octanol–water partition coefficient (Wildman–Crippen LogP) is 3.46. The number of ether oxygens (including phenoxy) is 1. The zero-order chi connectivity index (χ0) is 18.5. The van der Waals surface area contributed by atoms with Crippen LogP contribution in [0.2, 0.25) is 10.0 Å². The molecule has 2 heterocycles. The highest BCUT2D eigenvalue weighted by molar-refractivity contribution is 6.42. The van der Waals surface area contributed by atoms with Gasteiger partial charge < -0.3 is 20.7 Å². The Morgan fingerprint density at radius 1 is 1.27 bits per heavy atom. The summed E-state index contributed by atoms with van der Waals surface area (Å²) in [6, 6.07) is 6.77. The van der Waals surface area contributed by atoms with Crippen LogP contribution in [-0.2, 0) is 9.53 Å². The minimum absolute atomic E-state index is 0.321. The quantitative estimate of drug-likeness (QED) is 0.614. The number of hydrogen-bond donors (Lipinski definition) is 2. The van der Waals surface area contributed by atoms with Gasteiger partial charge in [0.15, 0.2) is 0 Å². The third kappa shape index (κ3) is 4.46. The first-order valence-corrected chi connectivity index (χ1v) is 8.81. The van der Waals surface area contributed by atoms with E-state index < -0.39 is 0 Å². The molecule has 0 spiro atoms. The summed E-state index contributed by atoms with van der Waals surface area (Å²) in [6.45, 7) is 2.86. The van der Waals surface area contributed by atoms with Crippen LogP contribution in [0.15, 0.2) is 36.5 Å². The van der Waals surface area contributed by atoms with E-state index in [4.69, 9.17) is 33.7 Å². The van der Waals surface area contributed by atoms with Crippen molar-refractivity contribution in [2.24, 2.45) is 0 Å². The number of halogens is 2. The number of nitrogens with one attached hydrogen (secondary N) is 1. The molecule has 1 saturated heterocycles. The molecule has 1 aromatic carbocycles. The lowest BCUT2D eigenvalue weighted by Crippen LogP contribution is -2.37. The third-order valence-electron chi connectivity index (χ3n) is 3.89. The first-order chi connectivity index (χ1) is 12.5. The molecule has 1 aliphatic heterocycles. The van der Waals surface area contributed by atoms with Crippen LogP contribution in [0.4, 0.5) is 17.2 Å². The minimum atomic E-state index is -0.327. The summed E-state index contributed by atoms with van der Waals surface area (Å²) in [5.41, 5.74) is 7.47. The van der Waals surface area contributed by atoms with Gasteiger partial charge in [-0.25, -0.2) is 4.98 Å². The van der Waals surface area contributed by atoms with Crippen molar-refractivity contribution in [3.8, 4) is 0 Å². The topological polar surface area (TPSA) is 80.5 Å². The van der Waals surface area contributed by atoms with Crippen LogP contribution in [-0.4, -0.2) is 37.2 Å². The normalized spacial score (nSPS) is 14.6. The van der Waals surface area contributed by atoms with Gasteiger partial charge in [-0.3, -0.25) is 4.79 Å². The van der Waals surface area contributed by atoms with Gasteiger partial charge in [0.05, 0.1) is 34.6 Å². The van der Waals surface area contributed by atoms with E-state index in [9.17, 15) is 4.79 Å². The van der Waals surface area contributed by atoms with E-state index >= 15 is 0 Å². The number of carbonyl (C=O) groups excluding carboxylic acids is 1. The predicted molar refractivity (Wildman–Crippen MR) is 106 cm³/mol. The molecule has 8 heteroatoms. The lowest BCUT2D eigenvalue weighted by molar-refractivity contribution is -0.111. The van der Waals surface area contributed by atoms with E-state index in [0.29, 0.717) is 34.6 Å². The van der Waals surface area contributed by atoms with Crippen molar-refractivity contribution in [3.63, 3.8) is 0 Å². The van der Waals surface area contributed by atoms with Gasteiger partial charge in [-0.2, -0.15) is 0 Å². The van der Waals surface area contributed by atoms with Crippen molar-refractivity contribution in [1.29, 1.82) is 0 Å². The van der Waals surface area contributed by atoms with Gasteiger partial charge in [-0.1, -0.05) is 23.2 Å². The van der Waals surface area contributed by atoms with Crippen LogP contribution >= 0.6 is 23.2 Å². The van der Waals surface area contributed by atoms with E-state index in [1.807, 2.05) is 12.1 Å². The molecule has 0 saturated carbocycles. The monoisotopic (exact) mass is 392 g/mol. The third-order valence-corrected chi connectivity index (χ3v) is 4.61. The zero-order valence-corrected chi connectivity index (χ0v) is 15.4. The van der Waals surface area contributed by atoms with Crippen LogP contribution in [0.3, 0.4) is 0 Å². The molecule has 1 amide bonds. The molecule has 136 valence electrons. The molecule has 6 nitrogen and oxygen atoms in total. The number of nitrogens with two attached hydrogens (primary N) is 1. The molecule has 0 bridgehead atoms. The Bertz CT molecular complexity index is 836. The van der Waals surface area contributed by atoms with E-state index in [1.165, 1.54) is 18.2 Å². The second-order valence-corrected chi connectivity index (χ2v) is 6.51. The Balaban J connectivity index is 1.74. The Morgan fingerprint density at radius 2 is 2.00 bits per heavy atom. The van der Waals surface area contributed by atoms with Crippen molar-refractivity contribution in [2.45, 2.75) is 0 Å². The number of rotatable bonds is 4. The lowest BCUT2D eigenvalue weighted by atomic mass is 10.2. The van der Waals surface area contributed by atoms with Gasteiger partial charge in [-0.05, 0) is 30.3 Å². The molecular weight excluding hydrogens is 375 g/mol. The Morgan fingerprint density at radius 3 is 2.77 bits per heavy atom. The largest absolute Gasteiger partial charge is 0.397 e. The first kappa shape index (κ1) is 18.5. The Labute approximate surface area is 161 Å². The average Bonchev–Trinajstić information content (AvgIpc) is 2.65. The van der Waals surface area contributed by atoms with Crippen molar-refractivity contribution in [1.82, 2.24) is 4.98 Å². The number of morpholine rings is 1. The van der Waals surface area contributed by atoms with Gasteiger partial charge >= 0.3 is 0 Å². The Kier molecular flexibility index (Phi) is 5.98. The highest BCUT2D eigenvalue weighted by Crippen LogP contribution is 2.30. The first-order valence-electron chi connectivity index (χ1n) is 8.06. The van der Waals surface area contributed by atoms with Crippen LogP contribution in [0.5, 0.6) is 0 Å². The number of hydrogen-bond acceptors (Lipinski definition) is 5. The molecule has 1 aliphatic rings. The number of aromatic nitrogens is 1. The molecule has 1 aromatic heterocycles. The molecule has 0 unspecified atom stereocenters. The second-order valence-electron chi connectivity index (χ2n) is 5.69. The summed E-state index contributed by atoms with van der Waals surface area (Å²) in [5.74, 6) is 0.501. The minimum Gasteiger partial charge on any atom is -0.397 e. The van der Waals surface area contributed by atoms with E-state index in [-0.39, 0.29) is 5.91 Å². The van der Waals surface area contributed by atoms with Gasteiger partial charge in [0.1, 0.15) is 5.82 Å². The summed E-state index contributed by atoms with van der Waals surface area (Å²) in [5, 5.41) is 3.36. The van der Waals surface area contributed by atoms with Crippen LogP contribution in [0, 0.1) is 0 Å². The van der Waals surface area contributed by atoms with Crippen LogP contribution < -0.4 is 16.0 Å². The molecule has 26 heavy (non-hydrogen) atoms. The number of pyridine rings is 1. The van der Waals surface area contributed by atoms with Gasteiger partial charge in [-0.15, -0.1) is 0 Å². The molecule has 3 N–H and O–H groups in total. The molecule has 0 radical (unpaired) electrons. The average molecular weight is 393 g/mol. The summed E-state index contributed by atoms with van der Waals surface area (Å²) in [4.78, 5) is 18.8. The van der Waals surface area contributed by atoms with E-state index in [2.05, 4.69) is 15.2 Å². The van der Waals surface area contributed by atoms with Crippen molar-refractivity contribution in [3.05, 3.63) is 52.1 Å². The van der Waals surface area contributed by atoms with Crippen molar-refractivity contribution in [2.75, 3.05) is 42.3 Å². The summed E-state index contributed by atoms with van der Waals surface area (Å²) in [6.07, 6.45) is 4.89. The zero-order valence-electron chi connectivity index (χ0n) is 13.9. The standard InChI is InChI=1S/C18H18Cl2N4O2/c19-13-10-15(21)16(11-14(13)20)23-17(25)4-3-12-2-1-5-22-18(12)24-6-8-26-9-7-24/h1-5,10-11H,6-9,21H2,(H,23,25)/b4-3+. The second kappa shape index (κ2) is 8.40. The number of carbonyl (C=O) groups is 1. The van der Waals surface area contributed by atoms with E-state index in [1.54, 1.807) is 12.3 Å². The highest BCUT2D eigenvalue weighted by Gasteiger charge is 2.15. The molecule has 0 atom stereocenters. The van der Waals surface area contributed by atoms with Crippen LogP contribution in [0.1, 0.15) is 5.56 Å². The molecule has 0 aliphatic carbocycles. The molecule has 2 aromatic rings. The van der Waals surface area contributed by atoms with Crippen molar-refractivity contribution < 1.29 is 9.53 Å². The maximum atomic E-state index is 12.2. The molecule has 1 fully saturated rings. The lowest BCUT2D eigenvalue weighted by Gasteiger charge is -2.28. The molecule has 3 rings (SSSR count). The maximum absolute atomic E-state index is 12.2. The highest BCUT2D eigenvalue weighted by atomic mass is 35.5. The fourth-order valence-electron chi connectivity index (χ4n) is 2.59. The summed E-state index contributed by atoms with van der Waals surface area (Å²) in [7, 11) is 0. The summed E-state index contributed by atoms with van der Waals surface area (Å²) < 4.78 is 5.37. The fraction of sp³-hybridized carbons (Fsp3) is 0.222. The SMILES string of the molecule is Nc1cc(Cl)c(Cl)cc1NC(=O)/C=C/c1cccnc1N1CCOCC1. The smallest absolute Gasteiger partial charge is 0.248 e. The number of benzene rings is 1. The molecular formula is C18H18Cl2N4O2. The summed E-state index contributed by atoms with van der Waals surface area (Å²) >= 11 is 11.9. The van der Waals surface area contributed by atoms with Crippen molar-refractivity contribution >= 4 is 52.4 Å². The number of nitrogens with zero attached hydrogens (tertiary/aromatic N) is 2. The van der Waals surface area contributed by atoms with E-state index in [0.717, 1.165) is 24.5 Å².